The first kappa shape index (κ1) is 4.71. The van der Waals surface area contributed by atoms with Crippen LogP contribution in [0.5, 0.6) is 0 Å². The van der Waals surface area contributed by atoms with E-state index in [1.54, 1.807) is 6.08 Å². The molecule has 2 nitrogen and oxygen atoms in total. The molecule has 0 N–H and O–H groups in total. The van der Waals surface area contributed by atoms with Crippen molar-refractivity contribution >= 4 is 18.6 Å². The maximum atomic E-state index is 10.2. The summed E-state index contributed by atoms with van der Waals surface area (Å²) in [7, 11) is 0. The number of carbonyl (C=O) groups is 1. The maximum absolute atomic E-state index is 10.2. The van der Waals surface area contributed by atoms with Crippen LogP contribution in [0.4, 0.5) is 0 Å². The summed E-state index contributed by atoms with van der Waals surface area (Å²) in [5, 5.41) is -0.333. The molecule has 0 aromatic carbocycles. The van der Waals surface area contributed by atoms with Gasteiger partial charge >= 0.3 is 5.97 Å². The second kappa shape index (κ2) is 1.58. The zero-order valence-corrected chi connectivity index (χ0v) is 4.39. The monoisotopic (exact) mass is 116 g/mol. The Kier molecular flexibility index (Phi) is 1.06. The molecule has 3 heteroatoms. The van der Waals surface area contributed by atoms with Crippen molar-refractivity contribution in [3.63, 3.8) is 0 Å². The van der Waals surface area contributed by atoms with E-state index < -0.39 is 0 Å². The van der Waals surface area contributed by atoms with E-state index in [0.29, 0.717) is 0 Å². The third kappa shape index (κ3) is 0.771. The molecule has 0 aromatic rings. The van der Waals surface area contributed by atoms with Crippen molar-refractivity contribution in [2.45, 2.75) is 5.25 Å². The largest absolute Gasteiger partial charge is 0.434 e. The second-order valence-electron chi connectivity index (χ2n) is 1.21. The van der Waals surface area contributed by atoms with E-state index in [0.717, 1.165) is 0 Å². The van der Waals surface area contributed by atoms with Crippen LogP contribution in [0.25, 0.3) is 0 Å². The van der Waals surface area contributed by atoms with Crippen molar-refractivity contribution in [1.29, 1.82) is 0 Å². The van der Waals surface area contributed by atoms with Crippen LogP contribution in [0, 0.1) is 0 Å². The Balaban J connectivity index is 2.62. The van der Waals surface area contributed by atoms with Gasteiger partial charge in [-0.3, -0.25) is 4.79 Å². The second-order valence-corrected chi connectivity index (χ2v) is 1.77. The van der Waals surface area contributed by atoms with Crippen LogP contribution in [-0.4, -0.2) is 11.2 Å². The number of carbonyl (C=O) groups excluding carboxylic acids is 1. The number of esters is 1. The molecule has 38 valence electrons. The number of thiol groups is 1. The van der Waals surface area contributed by atoms with Gasteiger partial charge in [0.2, 0.25) is 0 Å². The van der Waals surface area contributed by atoms with Gasteiger partial charge in [0.05, 0.1) is 6.26 Å². The molecule has 0 spiro atoms. The minimum Gasteiger partial charge on any atom is -0.434 e. The molecule has 1 atom stereocenters. The van der Waals surface area contributed by atoms with Crippen LogP contribution in [0.1, 0.15) is 0 Å². The van der Waals surface area contributed by atoms with Crippen LogP contribution in [-0.2, 0) is 9.53 Å². The number of ether oxygens (including phenoxy) is 1. The highest BCUT2D eigenvalue weighted by Crippen LogP contribution is 2.06. The zero-order chi connectivity index (χ0) is 5.28. The Morgan fingerprint density at radius 3 is 2.71 bits per heavy atom. The molecular formula is C4H4O2S. The van der Waals surface area contributed by atoms with E-state index in [1.807, 2.05) is 0 Å². The maximum Gasteiger partial charge on any atom is 0.327 e. The summed E-state index contributed by atoms with van der Waals surface area (Å²) in [6, 6.07) is 0. The van der Waals surface area contributed by atoms with Crippen LogP contribution >= 0.6 is 12.6 Å². The third-order valence-electron chi connectivity index (χ3n) is 0.687. The highest BCUT2D eigenvalue weighted by atomic mass is 32.1. The van der Waals surface area contributed by atoms with Gasteiger partial charge < -0.3 is 4.74 Å². The lowest BCUT2D eigenvalue weighted by Crippen LogP contribution is -2.05. The summed E-state index contributed by atoms with van der Waals surface area (Å²) in [6.07, 6.45) is 2.94. The summed E-state index contributed by atoms with van der Waals surface area (Å²) in [6.45, 7) is 0. The topological polar surface area (TPSA) is 26.3 Å². The minimum atomic E-state index is -0.333. The van der Waals surface area contributed by atoms with E-state index in [1.165, 1.54) is 6.26 Å². The number of rotatable bonds is 0. The molecule has 0 fully saturated rings. The number of hydrogen-bond donors (Lipinski definition) is 1. The van der Waals surface area contributed by atoms with Gasteiger partial charge in [-0.2, -0.15) is 12.6 Å². The quantitative estimate of drug-likeness (QED) is 0.365. The Morgan fingerprint density at radius 1 is 1.86 bits per heavy atom. The Bertz CT molecular complexity index is 119. The van der Waals surface area contributed by atoms with Crippen LogP contribution in [0.3, 0.4) is 0 Å². The van der Waals surface area contributed by atoms with E-state index in [9.17, 15) is 4.79 Å². The lowest BCUT2D eigenvalue weighted by atomic mass is 10.5. The van der Waals surface area contributed by atoms with Gasteiger partial charge in [0, 0.05) is 0 Å². The van der Waals surface area contributed by atoms with Gasteiger partial charge in [-0.15, -0.1) is 0 Å². The lowest BCUT2D eigenvalue weighted by molar-refractivity contribution is -0.134. The van der Waals surface area contributed by atoms with Crippen LogP contribution in [0.15, 0.2) is 12.3 Å². The smallest absolute Gasteiger partial charge is 0.327 e. The average Bonchev–Trinajstić information content (AvgIpc) is 1.91. The van der Waals surface area contributed by atoms with E-state index in [-0.39, 0.29) is 11.2 Å². The molecule has 0 radical (unpaired) electrons. The summed E-state index contributed by atoms with van der Waals surface area (Å²) in [4.78, 5) is 10.2. The molecule has 1 rings (SSSR count). The predicted octanol–water partition coefficient (Wildman–Crippen LogP) is 0.355. The van der Waals surface area contributed by atoms with Crippen LogP contribution < -0.4 is 0 Å². The number of cyclic esters (lactones) is 1. The third-order valence-corrected chi connectivity index (χ3v) is 1.07. The van der Waals surface area contributed by atoms with Gasteiger partial charge in [-0.25, -0.2) is 0 Å². The number of hydrogen-bond acceptors (Lipinski definition) is 3. The Morgan fingerprint density at radius 2 is 2.57 bits per heavy atom. The van der Waals surface area contributed by atoms with Crippen LogP contribution in [0.2, 0.25) is 0 Å². The first-order valence-electron chi connectivity index (χ1n) is 1.86. The van der Waals surface area contributed by atoms with Crippen molar-refractivity contribution < 1.29 is 9.53 Å². The molecule has 1 aliphatic rings. The van der Waals surface area contributed by atoms with Crippen molar-refractivity contribution in [1.82, 2.24) is 0 Å². The molecule has 0 bridgehead atoms. The van der Waals surface area contributed by atoms with E-state index in [2.05, 4.69) is 17.4 Å². The van der Waals surface area contributed by atoms with E-state index in [4.69, 9.17) is 0 Å². The van der Waals surface area contributed by atoms with Crippen molar-refractivity contribution in [2.24, 2.45) is 0 Å². The fourth-order valence-corrected chi connectivity index (χ4v) is 0.460. The predicted molar refractivity (Wildman–Crippen MR) is 28.0 cm³/mol. The van der Waals surface area contributed by atoms with Gasteiger partial charge in [-0.05, 0) is 6.08 Å². The molecule has 0 saturated carbocycles. The molecule has 1 heterocycles. The molecular weight excluding hydrogens is 112 g/mol. The first-order valence-corrected chi connectivity index (χ1v) is 2.37. The Hall–Kier alpha value is -0.440. The first-order chi connectivity index (χ1) is 3.30. The van der Waals surface area contributed by atoms with E-state index >= 15 is 0 Å². The summed E-state index contributed by atoms with van der Waals surface area (Å²) >= 11 is 3.83. The highest BCUT2D eigenvalue weighted by molar-refractivity contribution is 7.82. The molecule has 7 heavy (non-hydrogen) atoms. The summed E-state index contributed by atoms with van der Waals surface area (Å²) < 4.78 is 4.37. The highest BCUT2D eigenvalue weighted by Gasteiger charge is 2.15. The molecule has 0 aromatic heterocycles. The molecule has 1 aliphatic heterocycles. The van der Waals surface area contributed by atoms with Gasteiger partial charge in [0.1, 0.15) is 5.25 Å². The van der Waals surface area contributed by atoms with Gasteiger partial charge in [0.25, 0.3) is 0 Å². The van der Waals surface area contributed by atoms with Crippen molar-refractivity contribution in [2.75, 3.05) is 0 Å². The Labute approximate surface area is 46.6 Å². The normalized spacial score (nSPS) is 28.1. The standard InChI is InChI=1S/C4H4O2S/c5-4-3(7)1-2-6-4/h1-3,7H. The van der Waals surface area contributed by atoms with Crippen molar-refractivity contribution in [3.05, 3.63) is 12.3 Å². The fourth-order valence-electron chi connectivity index (χ4n) is 0.329. The summed E-state index contributed by atoms with van der Waals surface area (Å²) in [5.74, 6) is -0.289. The lowest BCUT2D eigenvalue weighted by Gasteiger charge is -1.88. The van der Waals surface area contributed by atoms with Gasteiger partial charge in [-0.1, -0.05) is 0 Å². The SMILES string of the molecule is O=C1OC=CC1S. The molecule has 0 aliphatic carbocycles. The zero-order valence-electron chi connectivity index (χ0n) is 3.50. The van der Waals surface area contributed by atoms with Gasteiger partial charge in [0.15, 0.2) is 0 Å². The molecule has 0 saturated heterocycles. The molecule has 1 unspecified atom stereocenters. The van der Waals surface area contributed by atoms with Crippen molar-refractivity contribution in [3.8, 4) is 0 Å². The average molecular weight is 116 g/mol. The minimum absolute atomic E-state index is 0.289. The fraction of sp³-hybridized carbons (Fsp3) is 0.250. The summed E-state index contributed by atoms with van der Waals surface area (Å²) in [5.41, 5.74) is 0. The molecule has 0 amide bonds.